The average molecular weight is 223 g/mol. The Morgan fingerprint density at radius 2 is 1.93 bits per heavy atom. The molecule has 0 amide bonds. The number of hydrogen-bond donors (Lipinski definition) is 0. The zero-order chi connectivity index (χ0) is 10.8. The van der Waals surface area contributed by atoms with Crippen molar-refractivity contribution in [1.82, 2.24) is 9.97 Å². The molecule has 2 nitrogen and oxygen atoms in total. The van der Waals surface area contributed by atoms with Crippen molar-refractivity contribution in [3.8, 4) is 11.3 Å². The molecular weight excluding hydrogens is 215 g/mol. The highest BCUT2D eigenvalue weighted by Gasteiger charge is 2.08. The van der Waals surface area contributed by atoms with Crippen LogP contribution < -0.4 is 0 Å². The van der Waals surface area contributed by atoms with Crippen molar-refractivity contribution in [3.05, 3.63) is 47.1 Å². The van der Waals surface area contributed by atoms with Crippen LogP contribution in [0.4, 0.5) is 4.39 Å². The van der Waals surface area contributed by atoms with Gasteiger partial charge >= 0.3 is 0 Å². The van der Waals surface area contributed by atoms with E-state index in [0.29, 0.717) is 10.8 Å². The highest BCUT2D eigenvalue weighted by atomic mass is 35.5. The molecule has 1 aromatic carbocycles. The zero-order valence-corrected chi connectivity index (χ0v) is 8.79. The van der Waals surface area contributed by atoms with Crippen molar-refractivity contribution in [2.24, 2.45) is 0 Å². The predicted molar refractivity (Wildman–Crippen MR) is 57.2 cm³/mol. The van der Waals surface area contributed by atoms with Gasteiger partial charge in [0, 0.05) is 18.0 Å². The first-order chi connectivity index (χ1) is 7.18. The van der Waals surface area contributed by atoms with Gasteiger partial charge in [0.2, 0.25) is 0 Å². The molecule has 1 aromatic heterocycles. The van der Waals surface area contributed by atoms with Gasteiger partial charge in [0.15, 0.2) is 5.15 Å². The lowest BCUT2D eigenvalue weighted by atomic mass is 10.1. The second kappa shape index (κ2) is 3.95. The lowest BCUT2D eigenvalue weighted by Crippen LogP contribution is -1.90. The van der Waals surface area contributed by atoms with Gasteiger partial charge in [-0.25, -0.2) is 9.37 Å². The molecule has 0 saturated carbocycles. The van der Waals surface area contributed by atoms with E-state index >= 15 is 0 Å². The normalized spacial score (nSPS) is 10.3. The Morgan fingerprint density at radius 1 is 1.20 bits per heavy atom. The summed E-state index contributed by atoms with van der Waals surface area (Å²) in [5, 5.41) is 0.326. The quantitative estimate of drug-likeness (QED) is 0.740. The van der Waals surface area contributed by atoms with Gasteiger partial charge in [0.1, 0.15) is 11.5 Å². The fourth-order valence-corrected chi connectivity index (χ4v) is 1.60. The number of benzene rings is 1. The van der Waals surface area contributed by atoms with Crippen LogP contribution in [-0.2, 0) is 0 Å². The van der Waals surface area contributed by atoms with Crippen LogP contribution in [0.25, 0.3) is 11.3 Å². The molecule has 0 unspecified atom stereocenters. The van der Waals surface area contributed by atoms with Crippen molar-refractivity contribution in [2.75, 3.05) is 0 Å². The average Bonchev–Trinajstić information content (AvgIpc) is 2.20. The molecule has 0 atom stereocenters. The number of hydrogen-bond acceptors (Lipinski definition) is 2. The number of aryl methyl sites for hydroxylation is 1. The van der Waals surface area contributed by atoms with Crippen molar-refractivity contribution in [3.63, 3.8) is 0 Å². The summed E-state index contributed by atoms with van der Waals surface area (Å²) in [6, 6.07) is 4.48. The maximum absolute atomic E-state index is 12.9. The second-order valence-electron chi connectivity index (χ2n) is 3.16. The third-order valence-electron chi connectivity index (χ3n) is 2.10. The van der Waals surface area contributed by atoms with Crippen LogP contribution in [-0.4, -0.2) is 9.97 Å². The van der Waals surface area contributed by atoms with E-state index in [1.54, 1.807) is 12.3 Å². The second-order valence-corrected chi connectivity index (χ2v) is 3.51. The maximum atomic E-state index is 12.9. The first kappa shape index (κ1) is 10.1. The highest BCUT2D eigenvalue weighted by molar-refractivity contribution is 6.31. The van der Waals surface area contributed by atoms with Gasteiger partial charge in [-0.1, -0.05) is 11.6 Å². The molecule has 15 heavy (non-hydrogen) atoms. The standard InChI is InChI=1S/C11H8ClFN2/c1-7-6-8(13)2-3-9(7)10-11(12)15-5-4-14-10/h2-6H,1H3. The minimum Gasteiger partial charge on any atom is -0.251 e. The first-order valence-corrected chi connectivity index (χ1v) is 4.79. The zero-order valence-electron chi connectivity index (χ0n) is 8.04. The first-order valence-electron chi connectivity index (χ1n) is 4.41. The number of rotatable bonds is 1. The van der Waals surface area contributed by atoms with E-state index in [-0.39, 0.29) is 5.82 Å². The van der Waals surface area contributed by atoms with Crippen LogP contribution in [0.1, 0.15) is 5.56 Å². The van der Waals surface area contributed by atoms with Crippen LogP contribution in [0.2, 0.25) is 5.15 Å². The molecular formula is C11H8ClFN2. The Morgan fingerprint density at radius 3 is 2.60 bits per heavy atom. The van der Waals surface area contributed by atoms with Crippen molar-refractivity contribution < 1.29 is 4.39 Å². The topological polar surface area (TPSA) is 25.8 Å². The fourth-order valence-electron chi connectivity index (χ4n) is 1.39. The maximum Gasteiger partial charge on any atom is 0.155 e. The summed E-state index contributed by atoms with van der Waals surface area (Å²) in [7, 11) is 0. The van der Waals surface area contributed by atoms with Crippen molar-refractivity contribution in [2.45, 2.75) is 6.92 Å². The molecule has 4 heteroatoms. The molecule has 0 aliphatic rings. The minimum absolute atomic E-state index is 0.267. The summed E-state index contributed by atoms with van der Waals surface area (Å²) in [5.74, 6) is -0.267. The summed E-state index contributed by atoms with van der Waals surface area (Å²) < 4.78 is 12.9. The van der Waals surface area contributed by atoms with Gasteiger partial charge < -0.3 is 0 Å². The molecule has 0 bridgehead atoms. The van der Waals surface area contributed by atoms with Gasteiger partial charge in [0.05, 0.1) is 0 Å². The molecule has 2 rings (SSSR count). The lowest BCUT2D eigenvalue weighted by molar-refractivity contribution is 0.627. The molecule has 0 radical (unpaired) electrons. The van der Waals surface area contributed by atoms with Crippen LogP contribution in [0.3, 0.4) is 0 Å². The molecule has 2 aromatic rings. The summed E-state index contributed by atoms with van der Waals surface area (Å²) >= 11 is 5.90. The van der Waals surface area contributed by atoms with Gasteiger partial charge in [0.25, 0.3) is 0 Å². The molecule has 0 N–H and O–H groups in total. The predicted octanol–water partition coefficient (Wildman–Crippen LogP) is 3.24. The fraction of sp³-hybridized carbons (Fsp3) is 0.0909. The summed E-state index contributed by atoms with van der Waals surface area (Å²) in [4.78, 5) is 8.05. The molecule has 1 heterocycles. The highest BCUT2D eigenvalue weighted by Crippen LogP contribution is 2.26. The van der Waals surface area contributed by atoms with Crippen LogP contribution in [0.15, 0.2) is 30.6 Å². The lowest BCUT2D eigenvalue weighted by Gasteiger charge is -2.05. The van der Waals surface area contributed by atoms with Gasteiger partial charge in [-0.15, -0.1) is 0 Å². The van der Waals surface area contributed by atoms with Crippen molar-refractivity contribution in [1.29, 1.82) is 0 Å². The largest absolute Gasteiger partial charge is 0.251 e. The van der Waals surface area contributed by atoms with E-state index in [4.69, 9.17) is 11.6 Å². The van der Waals surface area contributed by atoms with Gasteiger partial charge in [-0.05, 0) is 30.7 Å². The molecule has 0 spiro atoms. The monoisotopic (exact) mass is 222 g/mol. The van der Waals surface area contributed by atoms with Crippen LogP contribution in [0.5, 0.6) is 0 Å². The Kier molecular flexibility index (Phi) is 2.64. The van der Waals surface area contributed by atoms with Gasteiger partial charge in [-0.3, -0.25) is 4.98 Å². The number of aromatic nitrogens is 2. The van der Waals surface area contributed by atoms with Crippen molar-refractivity contribution >= 4 is 11.6 Å². The molecule has 0 aliphatic heterocycles. The Balaban J connectivity index is 2.60. The molecule has 76 valence electrons. The third-order valence-corrected chi connectivity index (χ3v) is 2.37. The molecule has 0 aliphatic carbocycles. The van der Waals surface area contributed by atoms with Crippen LogP contribution >= 0.6 is 11.6 Å². The van der Waals surface area contributed by atoms with Gasteiger partial charge in [-0.2, -0.15) is 0 Å². The van der Waals surface area contributed by atoms with Crippen LogP contribution in [0, 0.1) is 12.7 Å². The summed E-state index contributed by atoms with van der Waals surface area (Å²) in [6.45, 7) is 1.81. The minimum atomic E-state index is -0.267. The Labute approximate surface area is 91.8 Å². The number of nitrogens with zero attached hydrogens (tertiary/aromatic N) is 2. The number of halogens is 2. The summed E-state index contributed by atoms with van der Waals surface area (Å²) in [6.07, 6.45) is 3.08. The van der Waals surface area contributed by atoms with E-state index in [9.17, 15) is 4.39 Å². The Hall–Kier alpha value is -1.48. The van der Waals surface area contributed by atoms with E-state index in [2.05, 4.69) is 9.97 Å². The van der Waals surface area contributed by atoms with E-state index < -0.39 is 0 Å². The van der Waals surface area contributed by atoms with E-state index in [1.165, 1.54) is 18.3 Å². The van der Waals surface area contributed by atoms with E-state index in [0.717, 1.165) is 11.1 Å². The third kappa shape index (κ3) is 1.97. The summed E-state index contributed by atoms with van der Waals surface area (Å²) in [5.41, 5.74) is 2.17. The molecule has 0 fully saturated rings. The SMILES string of the molecule is Cc1cc(F)ccc1-c1nccnc1Cl. The van der Waals surface area contributed by atoms with E-state index in [1.807, 2.05) is 6.92 Å². The smallest absolute Gasteiger partial charge is 0.155 e. The molecule has 0 saturated heterocycles. The Bertz CT molecular complexity index is 500.